The fourth-order valence-electron chi connectivity index (χ4n) is 5.00. The van der Waals surface area contributed by atoms with Crippen LogP contribution in [0.25, 0.3) is 0 Å². The molecule has 0 saturated heterocycles. The van der Waals surface area contributed by atoms with Gasteiger partial charge in [-0.3, -0.25) is 4.79 Å². The molecule has 3 aromatic carbocycles. The Labute approximate surface area is 216 Å². The van der Waals surface area contributed by atoms with Crippen molar-refractivity contribution < 1.29 is 27.8 Å². The van der Waals surface area contributed by atoms with E-state index in [-0.39, 0.29) is 18.4 Å². The number of para-hydroxylation sites is 1. The Morgan fingerprint density at radius 2 is 1.84 bits per heavy atom. The summed E-state index contributed by atoms with van der Waals surface area (Å²) in [5, 5.41) is 12.7. The number of sulfone groups is 1. The maximum absolute atomic E-state index is 11.9. The molecule has 37 heavy (non-hydrogen) atoms. The monoisotopic (exact) mass is 522 g/mol. The molecule has 2 N–H and O–H groups in total. The third kappa shape index (κ3) is 5.09. The predicted molar refractivity (Wildman–Crippen MR) is 142 cm³/mol. The third-order valence-electron chi connectivity index (χ3n) is 6.76. The van der Waals surface area contributed by atoms with Gasteiger partial charge in [-0.05, 0) is 42.8 Å². The number of carboxylic acids is 1. The molecule has 2 aliphatic heterocycles. The molecule has 3 aromatic rings. The van der Waals surface area contributed by atoms with Gasteiger partial charge in [-0.15, -0.1) is 0 Å². The molecule has 9 heteroatoms. The predicted octanol–water partition coefficient (Wildman–Crippen LogP) is 5.13. The zero-order valence-electron chi connectivity index (χ0n) is 20.8. The molecule has 0 fully saturated rings. The molecule has 194 valence electrons. The van der Waals surface area contributed by atoms with E-state index in [0.29, 0.717) is 18.1 Å². The quantitative estimate of drug-likeness (QED) is 0.398. The van der Waals surface area contributed by atoms with Crippen molar-refractivity contribution in [2.24, 2.45) is 0 Å². The number of hydrogen-bond acceptors (Lipinski definition) is 7. The Kier molecular flexibility index (Phi) is 6.72. The van der Waals surface area contributed by atoms with E-state index < -0.39 is 15.8 Å². The average molecular weight is 523 g/mol. The zero-order chi connectivity index (χ0) is 26.2. The van der Waals surface area contributed by atoms with Gasteiger partial charge in [0.1, 0.15) is 18.1 Å². The molecule has 5 rings (SSSR count). The van der Waals surface area contributed by atoms with Gasteiger partial charge in [0.2, 0.25) is 0 Å². The van der Waals surface area contributed by atoms with Gasteiger partial charge >= 0.3 is 5.97 Å². The van der Waals surface area contributed by atoms with E-state index in [1.807, 2.05) is 48.5 Å². The zero-order valence-corrected chi connectivity index (χ0v) is 21.6. The highest BCUT2D eigenvalue weighted by molar-refractivity contribution is 7.90. The first kappa shape index (κ1) is 25.0. The molecular formula is C28H30N2O6S. The van der Waals surface area contributed by atoms with Gasteiger partial charge in [-0.1, -0.05) is 25.1 Å². The largest absolute Gasteiger partial charge is 0.493 e. The summed E-state index contributed by atoms with van der Waals surface area (Å²) in [6.07, 6.45) is 2.16. The van der Waals surface area contributed by atoms with Crippen molar-refractivity contribution in [1.29, 1.82) is 0 Å². The fraction of sp³-hybridized carbons (Fsp3) is 0.321. The van der Waals surface area contributed by atoms with Gasteiger partial charge in [-0.2, -0.15) is 0 Å². The number of nitrogens with one attached hydrogen (secondary N) is 1. The lowest BCUT2D eigenvalue weighted by atomic mass is 9.97. The van der Waals surface area contributed by atoms with Crippen molar-refractivity contribution >= 4 is 32.9 Å². The Hall–Kier alpha value is -3.72. The Balaban J connectivity index is 1.39. The highest BCUT2D eigenvalue weighted by atomic mass is 32.2. The molecule has 0 amide bonds. The van der Waals surface area contributed by atoms with Crippen LogP contribution in [0, 0.1) is 0 Å². The van der Waals surface area contributed by atoms with E-state index >= 15 is 0 Å². The first-order valence-electron chi connectivity index (χ1n) is 12.3. The van der Waals surface area contributed by atoms with Crippen LogP contribution in [-0.2, 0) is 14.6 Å². The van der Waals surface area contributed by atoms with Gasteiger partial charge in [-0.25, -0.2) is 8.42 Å². The number of nitrogens with zero attached hydrogens (tertiary/aromatic N) is 1. The van der Waals surface area contributed by atoms with E-state index in [9.17, 15) is 13.2 Å². The Morgan fingerprint density at radius 1 is 1.05 bits per heavy atom. The third-order valence-corrected chi connectivity index (χ3v) is 7.89. The summed E-state index contributed by atoms with van der Waals surface area (Å²) in [4.78, 5) is 13.6. The minimum atomic E-state index is -3.27. The van der Waals surface area contributed by atoms with Crippen LogP contribution in [0.5, 0.6) is 11.5 Å². The summed E-state index contributed by atoms with van der Waals surface area (Å²) in [6, 6.07) is 18.8. The van der Waals surface area contributed by atoms with Crippen LogP contribution in [0.2, 0.25) is 0 Å². The second-order valence-corrected chi connectivity index (χ2v) is 11.5. The maximum atomic E-state index is 11.9. The molecule has 0 aromatic heterocycles. The van der Waals surface area contributed by atoms with Crippen LogP contribution < -0.4 is 19.7 Å². The van der Waals surface area contributed by atoms with Crippen LogP contribution in [-0.4, -0.2) is 45.5 Å². The number of aliphatic carboxylic acids is 1. The summed E-state index contributed by atoms with van der Waals surface area (Å²) < 4.78 is 35.8. The molecule has 2 aliphatic rings. The molecule has 0 aliphatic carbocycles. The summed E-state index contributed by atoms with van der Waals surface area (Å²) in [6.45, 7) is 3.68. The first-order chi connectivity index (χ1) is 17.7. The molecule has 2 heterocycles. The van der Waals surface area contributed by atoms with E-state index in [1.54, 1.807) is 12.1 Å². The summed E-state index contributed by atoms with van der Waals surface area (Å²) in [7, 11) is -3.27. The SMILES string of the molecule is CCCN(c1ccc(S(C)(=O)=O)cc1)c1cccc2c1OC[C@H]2Nc1ccc2c(c1)OC[C@H]2CC(=O)O. The first-order valence-corrected chi connectivity index (χ1v) is 14.2. The molecular weight excluding hydrogens is 492 g/mol. The maximum Gasteiger partial charge on any atom is 0.304 e. The molecule has 0 bridgehead atoms. The topological polar surface area (TPSA) is 105 Å². The molecule has 0 unspecified atom stereocenters. The van der Waals surface area contributed by atoms with E-state index in [4.69, 9.17) is 14.6 Å². The highest BCUT2D eigenvalue weighted by Gasteiger charge is 2.30. The average Bonchev–Trinajstić information content (AvgIpc) is 3.46. The van der Waals surface area contributed by atoms with Crippen molar-refractivity contribution in [2.75, 3.05) is 36.2 Å². The normalized spacial score (nSPS) is 17.9. The lowest BCUT2D eigenvalue weighted by Crippen LogP contribution is -2.18. The number of anilines is 3. The number of carboxylic acid groups (broad SMARTS) is 1. The second-order valence-electron chi connectivity index (χ2n) is 9.48. The summed E-state index contributed by atoms with van der Waals surface area (Å²) in [5.41, 5.74) is 4.68. The number of hydrogen-bond donors (Lipinski definition) is 2. The number of carbonyl (C=O) groups is 1. The minimum absolute atomic E-state index is 0.0532. The van der Waals surface area contributed by atoms with Gasteiger partial charge < -0.3 is 24.8 Å². The lowest BCUT2D eigenvalue weighted by Gasteiger charge is -2.26. The molecule has 2 atom stereocenters. The number of ether oxygens (including phenoxy) is 2. The number of benzene rings is 3. The Morgan fingerprint density at radius 3 is 2.54 bits per heavy atom. The van der Waals surface area contributed by atoms with E-state index in [2.05, 4.69) is 17.1 Å². The van der Waals surface area contributed by atoms with Gasteiger partial charge in [0.05, 0.1) is 29.7 Å². The van der Waals surface area contributed by atoms with Crippen LogP contribution in [0.4, 0.5) is 17.1 Å². The van der Waals surface area contributed by atoms with Crippen molar-refractivity contribution in [1.82, 2.24) is 0 Å². The highest BCUT2D eigenvalue weighted by Crippen LogP contribution is 2.45. The van der Waals surface area contributed by atoms with Crippen LogP contribution in [0.3, 0.4) is 0 Å². The number of rotatable bonds is 9. The van der Waals surface area contributed by atoms with Gasteiger partial charge in [0.25, 0.3) is 0 Å². The van der Waals surface area contributed by atoms with Crippen LogP contribution in [0.15, 0.2) is 65.6 Å². The molecule has 0 saturated carbocycles. The smallest absolute Gasteiger partial charge is 0.304 e. The van der Waals surface area contributed by atoms with Gasteiger partial charge in [0.15, 0.2) is 9.84 Å². The number of fused-ring (bicyclic) bond motifs is 2. The second kappa shape index (κ2) is 9.97. The molecule has 0 radical (unpaired) electrons. The van der Waals surface area contributed by atoms with E-state index in [1.165, 1.54) is 6.26 Å². The minimum Gasteiger partial charge on any atom is -0.493 e. The van der Waals surface area contributed by atoms with Crippen molar-refractivity contribution in [3.8, 4) is 11.5 Å². The summed E-state index contributed by atoms with van der Waals surface area (Å²) in [5.74, 6) is 0.564. The summed E-state index contributed by atoms with van der Waals surface area (Å²) >= 11 is 0. The van der Waals surface area contributed by atoms with Crippen molar-refractivity contribution in [3.05, 3.63) is 71.8 Å². The lowest BCUT2D eigenvalue weighted by molar-refractivity contribution is -0.137. The molecule has 8 nitrogen and oxygen atoms in total. The standard InChI is InChI=1S/C28H30N2O6S/c1-3-13-30(20-8-10-21(11-9-20)37(2,33)34)25-6-4-5-23-24(17-36-28(23)25)29-19-7-12-22-18(14-27(31)32)16-35-26(22)15-19/h4-12,15,18,24,29H,3,13-14,16-17H2,1-2H3,(H,31,32)/t18-,24-/m1/s1. The van der Waals surface area contributed by atoms with E-state index in [0.717, 1.165) is 52.7 Å². The van der Waals surface area contributed by atoms with Crippen molar-refractivity contribution in [2.45, 2.75) is 36.6 Å². The Bertz CT molecular complexity index is 1420. The van der Waals surface area contributed by atoms with Crippen molar-refractivity contribution in [3.63, 3.8) is 0 Å². The molecule has 0 spiro atoms. The van der Waals surface area contributed by atoms with Gasteiger partial charge in [0, 0.05) is 47.3 Å². The fourth-order valence-corrected chi connectivity index (χ4v) is 5.63. The van der Waals surface area contributed by atoms with Crippen LogP contribution >= 0.6 is 0 Å². The van der Waals surface area contributed by atoms with Crippen LogP contribution in [0.1, 0.15) is 42.9 Å².